The normalized spacial score (nSPS) is 26.5. The summed E-state index contributed by atoms with van der Waals surface area (Å²) in [7, 11) is 0. The predicted molar refractivity (Wildman–Crippen MR) is 82.8 cm³/mol. The van der Waals surface area contributed by atoms with Crippen molar-refractivity contribution in [2.45, 2.75) is 25.2 Å². The van der Waals surface area contributed by atoms with Crippen LogP contribution >= 0.6 is 0 Å². The number of hydrogen-bond donors (Lipinski definition) is 1. The zero-order valence-corrected chi connectivity index (χ0v) is 12.4. The molecule has 0 spiro atoms. The van der Waals surface area contributed by atoms with Crippen LogP contribution in [0.25, 0.3) is 0 Å². The van der Waals surface area contributed by atoms with Gasteiger partial charge in [0.05, 0.1) is 0 Å². The molecule has 112 valence electrons. The molecule has 0 saturated carbocycles. The van der Waals surface area contributed by atoms with E-state index >= 15 is 0 Å². The molecule has 4 rings (SSSR count). The quantitative estimate of drug-likeness (QED) is 0.919. The maximum absolute atomic E-state index is 11.6. The van der Waals surface area contributed by atoms with Crippen molar-refractivity contribution in [2.75, 3.05) is 0 Å². The second kappa shape index (κ2) is 4.89. The average molecular weight is 294 g/mol. The first-order chi connectivity index (χ1) is 10.7. The molecule has 1 N–H and O–H groups in total. The van der Waals surface area contributed by atoms with Gasteiger partial charge in [0.25, 0.3) is 6.29 Å². The highest BCUT2D eigenvalue weighted by Crippen LogP contribution is 2.48. The maximum Gasteiger partial charge on any atom is 0.266 e. The fourth-order valence-corrected chi connectivity index (χ4v) is 3.66. The SMILES string of the molecule is CC1Cc2ccccc2C1(O)c1ccccc1C1OC=CO1. The smallest absolute Gasteiger partial charge is 0.266 e. The van der Waals surface area contributed by atoms with E-state index in [1.807, 2.05) is 42.5 Å². The number of aliphatic hydroxyl groups is 1. The lowest BCUT2D eigenvalue weighted by molar-refractivity contribution is -0.0315. The predicted octanol–water partition coefficient (Wildman–Crippen LogP) is 3.63. The van der Waals surface area contributed by atoms with Crippen LogP contribution in [-0.4, -0.2) is 5.11 Å². The highest BCUT2D eigenvalue weighted by atomic mass is 16.7. The van der Waals surface area contributed by atoms with Crippen molar-refractivity contribution < 1.29 is 14.6 Å². The highest BCUT2D eigenvalue weighted by molar-refractivity contribution is 5.49. The van der Waals surface area contributed by atoms with Gasteiger partial charge in [-0.2, -0.15) is 0 Å². The van der Waals surface area contributed by atoms with E-state index < -0.39 is 11.9 Å². The minimum absolute atomic E-state index is 0.0976. The lowest BCUT2D eigenvalue weighted by Crippen LogP contribution is -2.33. The number of ether oxygens (including phenoxy) is 2. The van der Waals surface area contributed by atoms with Crippen molar-refractivity contribution in [3.63, 3.8) is 0 Å². The molecule has 3 heteroatoms. The Bertz CT molecular complexity index is 729. The monoisotopic (exact) mass is 294 g/mol. The molecule has 2 unspecified atom stereocenters. The molecule has 3 nitrogen and oxygen atoms in total. The van der Waals surface area contributed by atoms with Crippen molar-refractivity contribution in [2.24, 2.45) is 5.92 Å². The molecular weight excluding hydrogens is 276 g/mol. The third-order valence-corrected chi connectivity index (χ3v) is 4.75. The van der Waals surface area contributed by atoms with Crippen LogP contribution in [-0.2, 0) is 21.5 Å². The van der Waals surface area contributed by atoms with Gasteiger partial charge in [0.1, 0.15) is 18.1 Å². The van der Waals surface area contributed by atoms with Gasteiger partial charge in [-0.1, -0.05) is 55.5 Å². The van der Waals surface area contributed by atoms with Crippen LogP contribution in [0.5, 0.6) is 0 Å². The Kier molecular flexibility index (Phi) is 2.98. The van der Waals surface area contributed by atoms with E-state index in [-0.39, 0.29) is 5.92 Å². The average Bonchev–Trinajstić information content (AvgIpc) is 3.16. The number of fused-ring (bicyclic) bond motifs is 1. The Morgan fingerprint density at radius 2 is 1.59 bits per heavy atom. The van der Waals surface area contributed by atoms with Crippen LogP contribution in [0.4, 0.5) is 0 Å². The Balaban J connectivity index is 1.88. The van der Waals surface area contributed by atoms with Crippen LogP contribution in [0.15, 0.2) is 61.1 Å². The maximum atomic E-state index is 11.6. The molecule has 1 heterocycles. The van der Waals surface area contributed by atoms with Crippen molar-refractivity contribution in [3.8, 4) is 0 Å². The molecule has 2 aliphatic rings. The minimum Gasteiger partial charge on any atom is -0.455 e. The molecule has 22 heavy (non-hydrogen) atoms. The molecule has 0 amide bonds. The van der Waals surface area contributed by atoms with Gasteiger partial charge in [-0.05, 0) is 29.0 Å². The van der Waals surface area contributed by atoms with E-state index in [4.69, 9.17) is 9.47 Å². The summed E-state index contributed by atoms with van der Waals surface area (Å²) in [6.45, 7) is 2.09. The van der Waals surface area contributed by atoms with Gasteiger partial charge in [-0.3, -0.25) is 0 Å². The fourth-order valence-electron chi connectivity index (χ4n) is 3.66. The van der Waals surface area contributed by atoms with Crippen molar-refractivity contribution in [1.29, 1.82) is 0 Å². The zero-order chi connectivity index (χ0) is 15.2. The van der Waals surface area contributed by atoms with Crippen LogP contribution in [0, 0.1) is 5.92 Å². The summed E-state index contributed by atoms with van der Waals surface area (Å²) in [4.78, 5) is 0. The third-order valence-electron chi connectivity index (χ3n) is 4.75. The first-order valence-electron chi connectivity index (χ1n) is 7.57. The molecule has 1 aliphatic carbocycles. The van der Waals surface area contributed by atoms with E-state index in [9.17, 15) is 5.11 Å². The van der Waals surface area contributed by atoms with Gasteiger partial charge in [0.15, 0.2) is 0 Å². The van der Waals surface area contributed by atoms with Crippen LogP contribution < -0.4 is 0 Å². The fraction of sp³-hybridized carbons (Fsp3) is 0.263. The van der Waals surface area contributed by atoms with Crippen LogP contribution in [0.2, 0.25) is 0 Å². The molecule has 0 bridgehead atoms. The van der Waals surface area contributed by atoms with Crippen molar-refractivity contribution in [3.05, 3.63) is 83.3 Å². The van der Waals surface area contributed by atoms with Gasteiger partial charge >= 0.3 is 0 Å². The van der Waals surface area contributed by atoms with Gasteiger partial charge in [-0.25, -0.2) is 0 Å². The summed E-state index contributed by atoms with van der Waals surface area (Å²) in [5, 5.41) is 11.6. The van der Waals surface area contributed by atoms with Gasteiger partial charge in [0, 0.05) is 5.56 Å². The third kappa shape index (κ3) is 1.79. The molecule has 2 aromatic carbocycles. The summed E-state index contributed by atoms with van der Waals surface area (Å²) in [6, 6.07) is 15.9. The molecule has 0 radical (unpaired) electrons. The first-order valence-corrected chi connectivity index (χ1v) is 7.57. The zero-order valence-electron chi connectivity index (χ0n) is 12.4. The van der Waals surface area contributed by atoms with E-state index in [1.165, 1.54) is 18.1 Å². The topological polar surface area (TPSA) is 38.7 Å². The Labute approximate surface area is 129 Å². The number of rotatable bonds is 2. The van der Waals surface area contributed by atoms with E-state index in [2.05, 4.69) is 13.0 Å². The van der Waals surface area contributed by atoms with Crippen LogP contribution in [0.3, 0.4) is 0 Å². The lowest BCUT2D eigenvalue weighted by Gasteiger charge is -2.32. The highest BCUT2D eigenvalue weighted by Gasteiger charge is 2.46. The molecule has 2 aromatic rings. The summed E-state index contributed by atoms with van der Waals surface area (Å²) >= 11 is 0. The van der Waals surface area contributed by atoms with Crippen molar-refractivity contribution in [1.82, 2.24) is 0 Å². The Hall–Kier alpha value is -2.26. The summed E-state index contributed by atoms with van der Waals surface area (Å²) in [6.07, 6.45) is 3.46. The number of hydrogen-bond acceptors (Lipinski definition) is 3. The first kappa shape index (κ1) is 13.4. The summed E-state index contributed by atoms with van der Waals surface area (Å²) in [5.41, 5.74) is 2.92. The van der Waals surface area contributed by atoms with Crippen LogP contribution in [0.1, 0.15) is 35.5 Å². The van der Waals surface area contributed by atoms with Gasteiger partial charge in [0.2, 0.25) is 0 Å². The molecular formula is C19H18O3. The van der Waals surface area contributed by atoms with Crippen molar-refractivity contribution >= 4 is 0 Å². The molecule has 2 atom stereocenters. The molecule has 0 fully saturated rings. The summed E-state index contributed by atoms with van der Waals surface area (Å²) < 4.78 is 11.0. The molecule has 0 aromatic heterocycles. The lowest BCUT2D eigenvalue weighted by atomic mass is 9.79. The van der Waals surface area contributed by atoms with Gasteiger partial charge in [-0.15, -0.1) is 0 Å². The van der Waals surface area contributed by atoms with Gasteiger partial charge < -0.3 is 14.6 Å². The van der Waals surface area contributed by atoms with E-state index in [0.717, 1.165) is 23.1 Å². The largest absolute Gasteiger partial charge is 0.455 e. The second-order valence-electron chi connectivity index (χ2n) is 5.99. The van der Waals surface area contributed by atoms with E-state index in [0.29, 0.717) is 0 Å². The Morgan fingerprint density at radius 3 is 2.36 bits per heavy atom. The summed E-state index contributed by atoms with van der Waals surface area (Å²) in [5.74, 6) is 0.0976. The second-order valence-corrected chi connectivity index (χ2v) is 5.99. The molecule has 1 aliphatic heterocycles. The number of benzene rings is 2. The Morgan fingerprint density at radius 1 is 0.955 bits per heavy atom. The standard InChI is InChI=1S/C19H18O3/c1-13-12-14-6-2-4-8-16(14)19(13,20)17-9-5-3-7-15(17)18-21-10-11-22-18/h2-11,13,18,20H,12H2,1H3. The molecule has 0 saturated heterocycles. The van der Waals surface area contributed by atoms with E-state index in [1.54, 1.807) is 0 Å². The minimum atomic E-state index is -1.01.